The second-order valence-electron chi connectivity index (χ2n) is 3.86. The van der Waals surface area contributed by atoms with Crippen LogP contribution >= 0.6 is 35.6 Å². The minimum atomic E-state index is -0.441. The van der Waals surface area contributed by atoms with Crippen LogP contribution in [0.25, 0.3) is 11.3 Å². The van der Waals surface area contributed by atoms with Crippen molar-refractivity contribution < 1.29 is 5.11 Å². The topological polar surface area (TPSA) is 59.1 Å². The molecule has 0 radical (unpaired) electrons. The van der Waals surface area contributed by atoms with Gasteiger partial charge in [0.1, 0.15) is 0 Å². The number of hydrogen-bond donors (Lipinski definition) is 2. The molecule has 19 heavy (non-hydrogen) atoms. The third-order valence-corrected chi connectivity index (χ3v) is 3.26. The lowest BCUT2D eigenvalue weighted by atomic mass is 10.0. The quantitative estimate of drug-likeness (QED) is 0.910. The minimum Gasteiger partial charge on any atom is -0.394 e. The molecule has 102 valence electrons. The van der Waals surface area contributed by atoms with Crippen LogP contribution in [0.4, 0.5) is 0 Å². The highest BCUT2D eigenvalue weighted by atomic mass is 35.5. The van der Waals surface area contributed by atoms with E-state index in [2.05, 4.69) is 4.98 Å². The van der Waals surface area contributed by atoms with Crippen molar-refractivity contribution in [1.82, 2.24) is 4.98 Å². The molecule has 6 heteroatoms. The molecular formula is C13H13Cl3N2O. The van der Waals surface area contributed by atoms with E-state index in [0.717, 1.165) is 5.56 Å². The smallest absolute Gasteiger partial charge is 0.0903 e. The monoisotopic (exact) mass is 318 g/mol. The van der Waals surface area contributed by atoms with Gasteiger partial charge in [-0.3, -0.25) is 4.98 Å². The number of hydrogen-bond acceptors (Lipinski definition) is 3. The van der Waals surface area contributed by atoms with Crippen molar-refractivity contribution in [3.05, 3.63) is 52.1 Å². The van der Waals surface area contributed by atoms with E-state index in [-0.39, 0.29) is 19.0 Å². The molecule has 0 saturated carbocycles. The van der Waals surface area contributed by atoms with Gasteiger partial charge in [0, 0.05) is 11.8 Å². The first-order chi connectivity index (χ1) is 8.63. The molecule has 3 N–H and O–H groups in total. The summed E-state index contributed by atoms with van der Waals surface area (Å²) in [5.41, 5.74) is 7.89. The van der Waals surface area contributed by atoms with Gasteiger partial charge in [0.2, 0.25) is 0 Å². The Morgan fingerprint density at radius 3 is 2.58 bits per heavy atom. The number of nitrogens with two attached hydrogens (primary N) is 1. The SMILES string of the molecule is Cl.N[C@H](CO)c1ccc(Cl)c(-c2ncccc2Cl)c1. The second kappa shape index (κ2) is 7.08. The first kappa shape index (κ1) is 16.2. The van der Waals surface area contributed by atoms with E-state index in [0.29, 0.717) is 21.3 Å². The average Bonchev–Trinajstić information content (AvgIpc) is 2.39. The van der Waals surface area contributed by atoms with Crippen molar-refractivity contribution in [3.63, 3.8) is 0 Å². The van der Waals surface area contributed by atoms with Crippen LogP contribution in [-0.4, -0.2) is 16.7 Å². The Kier molecular flexibility index (Phi) is 6.04. The third-order valence-electron chi connectivity index (χ3n) is 2.63. The number of aliphatic hydroxyl groups is 1. The molecule has 0 aliphatic carbocycles. The lowest BCUT2D eigenvalue weighted by molar-refractivity contribution is 0.268. The zero-order chi connectivity index (χ0) is 13.1. The molecule has 0 aliphatic heterocycles. The van der Waals surface area contributed by atoms with Crippen LogP contribution < -0.4 is 5.73 Å². The van der Waals surface area contributed by atoms with Gasteiger partial charge < -0.3 is 10.8 Å². The van der Waals surface area contributed by atoms with Crippen molar-refractivity contribution in [1.29, 1.82) is 0 Å². The number of pyridine rings is 1. The van der Waals surface area contributed by atoms with E-state index in [1.807, 2.05) is 0 Å². The molecule has 2 rings (SSSR count). The largest absolute Gasteiger partial charge is 0.394 e. The number of nitrogens with zero attached hydrogens (tertiary/aromatic N) is 1. The van der Waals surface area contributed by atoms with Gasteiger partial charge in [-0.2, -0.15) is 0 Å². The Morgan fingerprint density at radius 1 is 1.21 bits per heavy atom. The lowest BCUT2D eigenvalue weighted by Gasteiger charge is -2.12. The molecular weight excluding hydrogens is 307 g/mol. The van der Waals surface area contributed by atoms with Crippen LogP contribution in [0.3, 0.4) is 0 Å². The van der Waals surface area contributed by atoms with E-state index in [1.54, 1.807) is 36.5 Å². The summed E-state index contributed by atoms with van der Waals surface area (Å²) in [7, 11) is 0. The fourth-order valence-corrected chi connectivity index (χ4v) is 2.07. The molecule has 0 bridgehead atoms. The van der Waals surface area contributed by atoms with Crippen LogP contribution in [0, 0.1) is 0 Å². The van der Waals surface area contributed by atoms with Crippen LogP contribution in [-0.2, 0) is 0 Å². The van der Waals surface area contributed by atoms with Crippen molar-refractivity contribution in [2.24, 2.45) is 5.73 Å². The molecule has 0 unspecified atom stereocenters. The van der Waals surface area contributed by atoms with Crippen LogP contribution in [0.1, 0.15) is 11.6 Å². The van der Waals surface area contributed by atoms with Gasteiger partial charge in [0.15, 0.2) is 0 Å². The summed E-state index contributed by atoms with van der Waals surface area (Å²) in [4.78, 5) is 4.22. The molecule has 1 heterocycles. The van der Waals surface area contributed by atoms with Gasteiger partial charge in [0.05, 0.1) is 28.4 Å². The van der Waals surface area contributed by atoms with E-state index >= 15 is 0 Å². The highest BCUT2D eigenvalue weighted by Gasteiger charge is 2.12. The molecule has 1 aromatic carbocycles. The van der Waals surface area contributed by atoms with Gasteiger partial charge in [-0.05, 0) is 29.8 Å². The number of benzene rings is 1. The van der Waals surface area contributed by atoms with Crippen LogP contribution in [0.2, 0.25) is 10.0 Å². The maximum Gasteiger partial charge on any atom is 0.0903 e. The summed E-state index contributed by atoms with van der Waals surface area (Å²) in [6.07, 6.45) is 1.65. The number of rotatable bonds is 3. The molecule has 1 aromatic heterocycles. The minimum absolute atomic E-state index is 0. The third kappa shape index (κ3) is 3.59. The summed E-state index contributed by atoms with van der Waals surface area (Å²) in [5, 5.41) is 10.1. The first-order valence-electron chi connectivity index (χ1n) is 5.40. The molecule has 3 nitrogen and oxygen atoms in total. The number of aromatic nitrogens is 1. The Balaban J connectivity index is 0.00000180. The van der Waals surface area contributed by atoms with Crippen molar-refractivity contribution in [3.8, 4) is 11.3 Å². The van der Waals surface area contributed by atoms with Gasteiger partial charge in [-0.25, -0.2) is 0 Å². The molecule has 0 fully saturated rings. The van der Waals surface area contributed by atoms with Crippen LogP contribution in [0.5, 0.6) is 0 Å². The molecule has 0 aliphatic rings. The molecule has 0 amide bonds. The Labute approximate surface area is 127 Å². The van der Waals surface area contributed by atoms with Crippen molar-refractivity contribution in [2.45, 2.75) is 6.04 Å². The van der Waals surface area contributed by atoms with E-state index in [1.165, 1.54) is 0 Å². The maximum absolute atomic E-state index is 9.07. The highest BCUT2D eigenvalue weighted by Crippen LogP contribution is 2.32. The zero-order valence-electron chi connectivity index (χ0n) is 9.88. The fourth-order valence-electron chi connectivity index (χ4n) is 1.64. The summed E-state index contributed by atoms with van der Waals surface area (Å²) < 4.78 is 0. The van der Waals surface area contributed by atoms with Gasteiger partial charge in [0.25, 0.3) is 0 Å². The Morgan fingerprint density at radius 2 is 1.95 bits per heavy atom. The van der Waals surface area contributed by atoms with Gasteiger partial charge >= 0.3 is 0 Å². The van der Waals surface area contributed by atoms with E-state index in [4.69, 9.17) is 34.0 Å². The summed E-state index contributed by atoms with van der Waals surface area (Å²) in [6, 6.07) is 8.37. The normalized spacial score (nSPS) is 11.8. The second-order valence-corrected chi connectivity index (χ2v) is 4.68. The van der Waals surface area contributed by atoms with Crippen molar-refractivity contribution in [2.75, 3.05) is 6.61 Å². The molecule has 1 atom stereocenters. The number of aliphatic hydroxyl groups excluding tert-OH is 1. The van der Waals surface area contributed by atoms with E-state index in [9.17, 15) is 0 Å². The maximum atomic E-state index is 9.07. The predicted octanol–water partition coefficient (Wildman–Crippen LogP) is 3.47. The number of halogens is 3. The molecule has 2 aromatic rings. The fraction of sp³-hybridized carbons (Fsp3) is 0.154. The predicted molar refractivity (Wildman–Crippen MR) is 81.0 cm³/mol. The zero-order valence-corrected chi connectivity index (χ0v) is 12.2. The summed E-state index contributed by atoms with van der Waals surface area (Å²) >= 11 is 12.2. The summed E-state index contributed by atoms with van der Waals surface area (Å²) in [6.45, 7) is -0.128. The van der Waals surface area contributed by atoms with Gasteiger partial charge in [-0.15, -0.1) is 12.4 Å². The standard InChI is InChI=1S/C13H12Cl2N2O.ClH/c14-10-4-3-8(12(16)7-18)6-9(10)13-11(15)2-1-5-17-13;/h1-6,12,18H,7,16H2;1H/t12-;/m1./s1. The van der Waals surface area contributed by atoms with Gasteiger partial charge in [-0.1, -0.05) is 29.3 Å². The Hall–Kier alpha value is -0.840. The van der Waals surface area contributed by atoms with Crippen LogP contribution in [0.15, 0.2) is 36.5 Å². The van der Waals surface area contributed by atoms with Crippen molar-refractivity contribution >= 4 is 35.6 Å². The highest BCUT2D eigenvalue weighted by molar-refractivity contribution is 6.36. The molecule has 0 saturated heterocycles. The Bertz CT molecular complexity index is 563. The van der Waals surface area contributed by atoms with E-state index < -0.39 is 6.04 Å². The molecule has 0 spiro atoms. The summed E-state index contributed by atoms with van der Waals surface area (Å²) in [5.74, 6) is 0. The first-order valence-corrected chi connectivity index (χ1v) is 6.16. The lowest BCUT2D eigenvalue weighted by Crippen LogP contribution is -2.14. The average molecular weight is 320 g/mol.